The van der Waals surface area contributed by atoms with Crippen molar-refractivity contribution in [2.75, 3.05) is 37.2 Å². The molecule has 50 heavy (non-hydrogen) atoms. The lowest BCUT2D eigenvalue weighted by molar-refractivity contribution is 0.206. The number of halogens is 2. The normalized spacial score (nSPS) is 13.9. The predicted octanol–water partition coefficient (Wildman–Crippen LogP) is 4.81. The summed E-state index contributed by atoms with van der Waals surface area (Å²) in [4.78, 5) is 26.4. The Morgan fingerprint density at radius 1 is 0.620 bits per heavy atom. The highest BCUT2D eigenvalue weighted by Gasteiger charge is 2.24. The lowest BCUT2D eigenvalue weighted by atomic mass is 10.0. The number of sulfonamides is 2. The van der Waals surface area contributed by atoms with Crippen LogP contribution >= 0.6 is 34.0 Å². The van der Waals surface area contributed by atoms with Gasteiger partial charge in [-0.25, -0.2) is 35.9 Å². The fourth-order valence-electron chi connectivity index (χ4n) is 5.47. The molecular weight excluding hydrogens is 812 g/mol. The Kier molecular flexibility index (Phi) is 14.8. The molecule has 0 spiro atoms. The summed E-state index contributed by atoms with van der Waals surface area (Å²) >= 11 is 0. The minimum atomic E-state index is -4.02. The molecule has 6 rings (SSSR count). The van der Waals surface area contributed by atoms with E-state index in [4.69, 9.17) is 5.73 Å². The second-order valence-corrected chi connectivity index (χ2v) is 14.7. The first kappa shape index (κ1) is 40.5. The van der Waals surface area contributed by atoms with Gasteiger partial charge in [0.15, 0.2) is 0 Å². The molecule has 0 aliphatic carbocycles. The third kappa shape index (κ3) is 11.0. The van der Waals surface area contributed by atoms with Gasteiger partial charge in [-0.3, -0.25) is 0 Å². The van der Waals surface area contributed by atoms with E-state index < -0.39 is 32.1 Å². The summed E-state index contributed by atoms with van der Waals surface area (Å²) in [6, 6.07) is 25.0. The number of fused-ring (bicyclic) bond motifs is 2. The van der Waals surface area contributed by atoms with Crippen molar-refractivity contribution < 1.29 is 26.4 Å². The molecule has 0 fully saturated rings. The van der Waals surface area contributed by atoms with Crippen molar-refractivity contribution >= 4 is 77.4 Å². The van der Waals surface area contributed by atoms with Gasteiger partial charge in [-0.2, -0.15) is 0 Å². The summed E-state index contributed by atoms with van der Waals surface area (Å²) in [7, 11) is -8.01. The number of hydrogen-bond donors (Lipinski definition) is 5. The number of nitrogens with zero attached hydrogens (tertiary/aromatic N) is 1. The Hall–Kier alpha value is -3.96. The van der Waals surface area contributed by atoms with Gasteiger partial charge in [0, 0.05) is 24.5 Å². The van der Waals surface area contributed by atoms with Crippen LogP contribution < -0.4 is 25.8 Å². The van der Waals surface area contributed by atoms with Crippen LogP contribution in [-0.2, 0) is 45.7 Å². The van der Waals surface area contributed by atoms with Crippen molar-refractivity contribution in [2.24, 2.45) is 0 Å². The number of rotatable bonds is 5. The minimum Gasteiger partial charge on any atom is -0.399 e. The van der Waals surface area contributed by atoms with Crippen LogP contribution in [0.2, 0.25) is 0 Å². The predicted molar refractivity (Wildman–Crippen MR) is 205 cm³/mol. The molecule has 6 N–H and O–H groups in total. The van der Waals surface area contributed by atoms with Gasteiger partial charge in [0.05, 0.1) is 9.79 Å². The van der Waals surface area contributed by atoms with Gasteiger partial charge in [-0.15, -0.1) is 34.0 Å². The largest absolute Gasteiger partial charge is 0.399 e. The second kappa shape index (κ2) is 18.3. The number of amides is 4. The topological polar surface area (TPSA) is 180 Å². The Balaban J connectivity index is 0.000000407. The van der Waals surface area contributed by atoms with Crippen LogP contribution in [0.3, 0.4) is 0 Å². The second-order valence-electron chi connectivity index (χ2n) is 11.3. The molecule has 2 heterocycles. The van der Waals surface area contributed by atoms with E-state index in [1.165, 1.54) is 40.3 Å². The van der Waals surface area contributed by atoms with Crippen LogP contribution in [0.4, 0.5) is 21.0 Å². The van der Waals surface area contributed by atoms with E-state index in [9.17, 15) is 26.4 Å². The Labute approximate surface area is 313 Å². The van der Waals surface area contributed by atoms with Crippen LogP contribution in [0.25, 0.3) is 0 Å². The molecular formula is C34H40Br2N6O6S2. The molecule has 0 aromatic heterocycles. The van der Waals surface area contributed by atoms with Crippen molar-refractivity contribution in [3.63, 3.8) is 0 Å². The quantitative estimate of drug-likeness (QED) is 0.178. The van der Waals surface area contributed by atoms with Gasteiger partial charge in [0.2, 0.25) is 0 Å². The van der Waals surface area contributed by atoms with Crippen molar-refractivity contribution in [1.82, 2.24) is 19.7 Å². The number of urea groups is 2. The first-order valence-electron chi connectivity index (χ1n) is 15.5. The zero-order chi connectivity index (χ0) is 34.1. The zero-order valence-electron chi connectivity index (χ0n) is 27.0. The summed E-state index contributed by atoms with van der Waals surface area (Å²) in [5.41, 5.74) is 11.7. The van der Waals surface area contributed by atoms with E-state index >= 15 is 0 Å². The van der Waals surface area contributed by atoms with Gasteiger partial charge in [0.1, 0.15) is 0 Å². The van der Waals surface area contributed by atoms with Crippen molar-refractivity contribution in [3.05, 3.63) is 119 Å². The summed E-state index contributed by atoms with van der Waals surface area (Å²) in [5.74, 6) is 0. The monoisotopic (exact) mass is 850 g/mol. The lowest BCUT2D eigenvalue weighted by Gasteiger charge is -2.20. The Morgan fingerprint density at radius 2 is 1.12 bits per heavy atom. The van der Waals surface area contributed by atoms with E-state index in [0.29, 0.717) is 25.1 Å². The molecule has 268 valence electrons. The number of hydrogen-bond acceptors (Lipinski definition) is 8. The van der Waals surface area contributed by atoms with Crippen molar-refractivity contribution in [3.8, 4) is 0 Å². The number of nitrogens with two attached hydrogens (primary N) is 1. The maximum Gasteiger partial charge on any atom is 0.333 e. The van der Waals surface area contributed by atoms with Gasteiger partial charge >= 0.3 is 12.1 Å². The molecule has 4 aromatic carbocycles. The molecule has 0 bridgehead atoms. The number of benzene rings is 4. The maximum atomic E-state index is 12.7. The first-order valence-corrected chi connectivity index (χ1v) is 18.4. The number of carbonyl (C=O) groups is 2. The van der Waals surface area contributed by atoms with E-state index in [-0.39, 0.29) is 50.3 Å². The smallest absolute Gasteiger partial charge is 0.333 e. The van der Waals surface area contributed by atoms with Crippen molar-refractivity contribution in [1.29, 1.82) is 0 Å². The van der Waals surface area contributed by atoms with Crippen LogP contribution in [0.15, 0.2) is 107 Å². The number of carbonyl (C=O) groups excluding carboxylic acids is 2. The van der Waals surface area contributed by atoms with E-state index in [1.807, 2.05) is 10.8 Å². The SMILES string of the molecule is Br.Br.Nc1ccc2c(c1)CCNCC2.O=C(Nc1ccc2c(c1)CCN(C(=O)NS(=O)(=O)c1ccccc1)CC2)NS(=O)(=O)c1ccccc1. The standard InChI is InChI=1S/C24H24N4O6S2.C10H14N2.2BrH/c29-23(26-35(31,32)21-7-3-1-4-8-21)25-20-12-11-18-13-15-28(16-14-19(18)17-20)24(30)27-36(33,34)22-9-5-2-6-10-22;11-10-2-1-8-3-5-12-6-4-9(8)7-10;;/h1-12,17H,13-16H2,(H,27,30)(H2,25,26,29);1-2,7,12H,3-6,11H2;2*1H. The lowest BCUT2D eigenvalue weighted by Crippen LogP contribution is -2.43. The van der Waals surface area contributed by atoms with E-state index in [0.717, 1.165) is 42.7 Å². The van der Waals surface area contributed by atoms with Gasteiger partial charge in [-0.1, -0.05) is 48.5 Å². The minimum absolute atomic E-state index is 0. The van der Waals surface area contributed by atoms with Crippen LogP contribution in [0.5, 0.6) is 0 Å². The molecule has 2 aliphatic rings. The molecule has 0 saturated carbocycles. The number of anilines is 2. The summed E-state index contributed by atoms with van der Waals surface area (Å²) in [6.07, 6.45) is 3.16. The van der Waals surface area contributed by atoms with Crippen LogP contribution in [0.1, 0.15) is 22.3 Å². The molecule has 12 nitrogen and oxygen atoms in total. The molecule has 4 aromatic rings. The molecule has 16 heteroatoms. The fraction of sp³-hybridized carbons (Fsp3) is 0.235. The average Bonchev–Trinajstić information content (AvgIpc) is 3.44. The maximum absolute atomic E-state index is 12.7. The Morgan fingerprint density at radius 3 is 1.74 bits per heavy atom. The van der Waals surface area contributed by atoms with E-state index in [1.54, 1.807) is 54.6 Å². The molecule has 0 unspecified atom stereocenters. The molecule has 0 radical (unpaired) electrons. The zero-order valence-corrected chi connectivity index (χ0v) is 32.1. The number of nitrogens with one attached hydrogen (secondary N) is 4. The van der Waals surface area contributed by atoms with Crippen LogP contribution in [0, 0.1) is 0 Å². The average molecular weight is 853 g/mol. The molecule has 4 amide bonds. The van der Waals surface area contributed by atoms with Gasteiger partial charge in [0.25, 0.3) is 20.0 Å². The Bertz CT molecular complexity index is 1990. The van der Waals surface area contributed by atoms with Gasteiger partial charge < -0.3 is 21.3 Å². The molecule has 0 atom stereocenters. The van der Waals surface area contributed by atoms with E-state index in [2.05, 4.69) is 27.5 Å². The highest BCUT2D eigenvalue weighted by molar-refractivity contribution is 8.93. The summed E-state index contributed by atoms with van der Waals surface area (Å²) < 4.78 is 53.7. The van der Waals surface area contributed by atoms with Crippen molar-refractivity contribution in [2.45, 2.75) is 35.5 Å². The fourth-order valence-corrected chi connectivity index (χ4v) is 7.40. The van der Waals surface area contributed by atoms with Gasteiger partial charge in [-0.05, 0) is 110 Å². The number of nitrogen functional groups attached to an aromatic ring is 1. The first-order chi connectivity index (χ1) is 23.0. The molecule has 0 saturated heterocycles. The third-order valence-electron chi connectivity index (χ3n) is 7.98. The van der Waals surface area contributed by atoms with Crippen LogP contribution in [-0.4, -0.2) is 60.0 Å². The summed E-state index contributed by atoms with van der Waals surface area (Å²) in [5, 5.41) is 5.89. The highest BCUT2D eigenvalue weighted by atomic mass is 79.9. The third-order valence-corrected chi connectivity index (χ3v) is 10.7. The molecule has 2 aliphatic heterocycles. The highest BCUT2D eigenvalue weighted by Crippen LogP contribution is 2.21. The summed E-state index contributed by atoms with van der Waals surface area (Å²) in [6.45, 7) is 2.75.